The van der Waals surface area contributed by atoms with E-state index in [1.54, 1.807) is 6.92 Å². The quantitative estimate of drug-likeness (QED) is 0.556. The fraction of sp³-hybridized carbons (Fsp3) is 0.929. The molecular formula is C14H30O5Si. The standard InChI is InChI=1S/C14H30O5Si/c1-8-18-13(17)12(16)11(15)9-10(2)19-20(6,7)14(3,4)5/h10-12,15-16H,8-9H2,1-7H3/t10-,11?,12?/m1/s1. The van der Waals surface area contributed by atoms with E-state index in [0.717, 1.165) is 0 Å². The minimum atomic E-state index is -1.92. The highest BCUT2D eigenvalue weighted by Gasteiger charge is 2.39. The Balaban J connectivity index is 4.47. The van der Waals surface area contributed by atoms with Gasteiger partial charge in [0.1, 0.15) is 0 Å². The first-order valence-electron chi connectivity index (χ1n) is 7.13. The first-order valence-corrected chi connectivity index (χ1v) is 10.0. The zero-order valence-corrected chi connectivity index (χ0v) is 14.8. The molecular weight excluding hydrogens is 276 g/mol. The van der Waals surface area contributed by atoms with Crippen molar-refractivity contribution in [2.24, 2.45) is 0 Å². The van der Waals surface area contributed by atoms with Crippen molar-refractivity contribution in [2.45, 2.75) is 77.5 Å². The van der Waals surface area contributed by atoms with E-state index in [1.165, 1.54) is 0 Å². The summed E-state index contributed by atoms with van der Waals surface area (Å²) in [5, 5.41) is 19.6. The third-order valence-electron chi connectivity index (χ3n) is 3.77. The van der Waals surface area contributed by atoms with Crippen molar-refractivity contribution in [3.63, 3.8) is 0 Å². The van der Waals surface area contributed by atoms with Crippen LogP contribution < -0.4 is 0 Å². The van der Waals surface area contributed by atoms with Crippen molar-refractivity contribution in [3.05, 3.63) is 0 Å². The molecule has 0 aromatic carbocycles. The molecule has 0 radical (unpaired) electrons. The maximum absolute atomic E-state index is 11.3. The zero-order chi connectivity index (χ0) is 16.1. The zero-order valence-electron chi connectivity index (χ0n) is 13.8. The molecule has 0 aliphatic rings. The number of ether oxygens (including phenoxy) is 1. The second-order valence-electron chi connectivity index (χ2n) is 6.69. The van der Waals surface area contributed by atoms with Gasteiger partial charge < -0.3 is 19.4 Å². The molecule has 2 unspecified atom stereocenters. The molecule has 0 bridgehead atoms. The van der Waals surface area contributed by atoms with Crippen LogP contribution >= 0.6 is 0 Å². The molecule has 0 aromatic rings. The monoisotopic (exact) mass is 306 g/mol. The van der Waals surface area contributed by atoms with Gasteiger partial charge in [0.15, 0.2) is 14.4 Å². The first kappa shape index (κ1) is 19.6. The fourth-order valence-corrected chi connectivity index (χ4v) is 3.04. The van der Waals surface area contributed by atoms with Gasteiger partial charge in [0.05, 0.1) is 12.7 Å². The molecule has 0 saturated heterocycles. The topological polar surface area (TPSA) is 76.0 Å². The van der Waals surface area contributed by atoms with Crippen LogP contribution in [0, 0.1) is 0 Å². The first-order chi connectivity index (χ1) is 8.92. The average Bonchev–Trinajstić information content (AvgIpc) is 2.25. The van der Waals surface area contributed by atoms with Crippen LogP contribution in [0.2, 0.25) is 18.1 Å². The van der Waals surface area contributed by atoms with E-state index < -0.39 is 26.5 Å². The van der Waals surface area contributed by atoms with Crippen LogP contribution in [0.5, 0.6) is 0 Å². The second-order valence-corrected chi connectivity index (χ2v) is 11.4. The third-order valence-corrected chi connectivity index (χ3v) is 8.37. The predicted octanol–water partition coefficient (Wildman–Crippen LogP) is 2.07. The molecule has 20 heavy (non-hydrogen) atoms. The molecule has 0 aliphatic carbocycles. The molecule has 0 saturated carbocycles. The van der Waals surface area contributed by atoms with Gasteiger partial charge in [-0.05, 0) is 32.0 Å². The largest absolute Gasteiger partial charge is 0.464 e. The third kappa shape index (κ3) is 5.91. The molecule has 5 nitrogen and oxygen atoms in total. The smallest absolute Gasteiger partial charge is 0.337 e. The van der Waals surface area contributed by atoms with Crippen molar-refractivity contribution in [1.29, 1.82) is 0 Å². The Morgan fingerprint density at radius 1 is 1.25 bits per heavy atom. The van der Waals surface area contributed by atoms with E-state index in [-0.39, 0.29) is 24.2 Å². The summed E-state index contributed by atoms with van der Waals surface area (Å²) in [5.41, 5.74) is 0. The number of esters is 1. The van der Waals surface area contributed by atoms with Gasteiger partial charge >= 0.3 is 5.97 Å². The molecule has 0 heterocycles. The van der Waals surface area contributed by atoms with Gasteiger partial charge in [-0.3, -0.25) is 0 Å². The van der Waals surface area contributed by atoms with Gasteiger partial charge in [-0.15, -0.1) is 0 Å². The highest BCUT2D eigenvalue weighted by atomic mass is 28.4. The molecule has 6 heteroatoms. The molecule has 120 valence electrons. The number of aliphatic hydroxyl groups excluding tert-OH is 2. The van der Waals surface area contributed by atoms with Crippen LogP contribution in [-0.2, 0) is 14.0 Å². The van der Waals surface area contributed by atoms with Crippen LogP contribution in [0.1, 0.15) is 41.0 Å². The van der Waals surface area contributed by atoms with Crippen molar-refractivity contribution in [2.75, 3.05) is 6.61 Å². The number of carbonyl (C=O) groups is 1. The Morgan fingerprint density at radius 2 is 1.75 bits per heavy atom. The van der Waals surface area contributed by atoms with E-state index in [9.17, 15) is 15.0 Å². The summed E-state index contributed by atoms with van der Waals surface area (Å²) in [6, 6.07) is 0. The Bertz CT molecular complexity index is 311. The van der Waals surface area contributed by atoms with Crippen molar-refractivity contribution >= 4 is 14.3 Å². The number of aliphatic hydroxyl groups is 2. The highest BCUT2D eigenvalue weighted by molar-refractivity contribution is 6.74. The van der Waals surface area contributed by atoms with Crippen LogP contribution in [0.3, 0.4) is 0 Å². The fourth-order valence-electron chi connectivity index (χ4n) is 1.58. The summed E-state index contributed by atoms with van der Waals surface area (Å²) in [4.78, 5) is 11.3. The molecule has 0 aromatic heterocycles. The van der Waals surface area contributed by atoms with Gasteiger partial charge in [0.25, 0.3) is 0 Å². The summed E-state index contributed by atoms with van der Waals surface area (Å²) in [5.74, 6) is -0.792. The molecule has 0 amide bonds. The Kier molecular flexibility index (Phi) is 7.38. The lowest BCUT2D eigenvalue weighted by Crippen LogP contribution is -2.45. The molecule has 0 rings (SSSR count). The highest BCUT2D eigenvalue weighted by Crippen LogP contribution is 2.37. The van der Waals surface area contributed by atoms with Gasteiger partial charge in [-0.25, -0.2) is 4.79 Å². The lowest BCUT2D eigenvalue weighted by Gasteiger charge is -2.39. The van der Waals surface area contributed by atoms with Crippen LogP contribution in [0.15, 0.2) is 0 Å². The van der Waals surface area contributed by atoms with Crippen LogP contribution in [0.4, 0.5) is 0 Å². The SMILES string of the molecule is CCOC(=O)C(O)C(O)C[C@@H](C)O[Si](C)(C)C(C)(C)C. The maximum Gasteiger partial charge on any atom is 0.337 e. The number of hydrogen-bond acceptors (Lipinski definition) is 5. The van der Waals surface area contributed by atoms with Crippen molar-refractivity contribution in [3.8, 4) is 0 Å². The second kappa shape index (κ2) is 7.54. The average molecular weight is 306 g/mol. The van der Waals surface area contributed by atoms with Gasteiger partial charge in [0, 0.05) is 12.5 Å². The molecule has 2 N–H and O–H groups in total. The molecule has 3 atom stereocenters. The van der Waals surface area contributed by atoms with E-state index in [1.807, 2.05) is 6.92 Å². The summed E-state index contributed by atoms with van der Waals surface area (Å²) in [6.45, 7) is 14.3. The molecule has 0 aliphatic heterocycles. The lowest BCUT2D eigenvalue weighted by atomic mass is 10.1. The minimum Gasteiger partial charge on any atom is -0.464 e. The van der Waals surface area contributed by atoms with E-state index >= 15 is 0 Å². The summed E-state index contributed by atoms with van der Waals surface area (Å²) >= 11 is 0. The Labute approximate surface area is 123 Å². The van der Waals surface area contributed by atoms with Gasteiger partial charge in [-0.1, -0.05) is 20.8 Å². The summed E-state index contributed by atoms with van der Waals surface area (Å²) < 4.78 is 10.8. The van der Waals surface area contributed by atoms with Gasteiger partial charge in [0.2, 0.25) is 0 Å². The molecule has 0 spiro atoms. The maximum atomic E-state index is 11.3. The predicted molar refractivity (Wildman–Crippen MR) is 81.0 cm³/mol. The van der Waals surface area contributed by atoms with Crippen LogP contribution in [0.25, 0.3) is 0 Å². The van der Waals surface area contributed by atoms with E-state index in [0.29, 0.717) is 0 Å². The normalized spacial score (nSPS) is 17.4. The van der Waals surface area contributed by atoms with Crippen molar-refractivity contribution in [1.82, 2.24) is 0 Å². The lowest BCUT2D eigenvalue weighted by molar-refractivity contribution is -0.160. The van der Waals surface area contributed by atoms with Crippen molar-refractivity contribution < 1.29 is 24.2 Å². The van der Waals surface area contributed by atoms with Crippen LogP contribution in [-0.4, -0.2) is 49.4 Å². The minimum absolute atomic E-state index is 0.0754. The number of rotatable bonds is 7. The summed E-state index contributed by atoms with van der Waals surface area (Å²) in [7, 11) is -1.92. The van der Waals surface area contributed by atoms with Gasteiger partial charge in [-0.2, -0.15) is 0 Å². The number of hydrogen-bond donors (Lipinski definition) is 2. The Morgan fingerprint density at radius 3 is 2.15 bits per heavy atom. The van der Waals surface area contributed by atoms with E-state index in [4.69, 9.17) is 4.43 Å². The molecule has 0 fully saturated rings. The van der Waals surface area contributed by atoms with E-state index in [2.05, 4.69) is 38.6 Å². The number of carbonyl (C=O) groups excluding carboxylic acids is 1. The summed E-state index contributed by atoms with van der Waals surface area (Å²) in [6.07, 6.45) is -2.71. The Hall–Kier alpha value is -0.433.